The van der Waals surface area contributed by atoms with Gasteiger partial charge >= 0.3 is 0 Å². The van der Waals surface area contributed by atoms with Crippen LogP contribution in [0.3, 0.4) is 0 Å². The Morgan fingerprint density at radius 3 is 2.62 bits per heavy atom. The highest BCUT2D eigenvalue weighted by molar-refractivity contribution is 5.76. The summed E-state index contributed by atoms with van der Waals surface area (Å²) in [7, 11) is 0. The highest BCUT2D eigenvalue weighted by Crippen LogP contribution is 2.25. The van der Waals surface area contributed by atoms with E-state index in [9.17, 15) is 0 Å². The lowest BCUT2D eigenvalue weighted by Gasteiger charge is -2.18. The third-order valence-electron chi connectivity index (χ3n) is 2.55. The third-order valence-corrected chi connectivity index (χ3v) is 2.55. The van der Waals surface area contributed by atoms with Crippen LogP contribution in [0, 0.1) is 11.3 Å². The van der Waals surface area contributed by atoms with Gasteiger partial charge in [-0.05, 0) is 12.1 Å². The number of para-hydroxylation sites is 2. The van der Waals surface area contributed by atoms with Crippen LogP contribution in [0.15, 0.2) is 24.3 Å². The van der Waals surface area contributed by atoms with Crippen molar-refractivity contribution >= 4 is 11.0 Å². The number of nitrogens with zero attached hydrogens (tertiary/aromatic N) is 3. The van der Waals surface area contributed by atoms with Gasteiger partial charge in [0.1, 0.15) is 12.4 Å². The fourth-order valence-electron chi connectivity index (χ4n) is 1.88. The van der Waals surface area contributed by atoms with Crippen LogP contribution < -0.4 is 0 Å². The Kier molecular flexibility index (Phi) is 2.43. The van der Waals surface area contributed by atoms with Crippen molar-refractivity contribution in [1.29, 1.82) is 5.26 Å². The van der Waals surface area contributed by atoms with E-state index in [1.54, 1.807) is 0 Å². The summed E-state index contributed by atoms with van der Waals surface area (Å²) in [5.41, 5.74) is 1.95. The van der Waals surface area contributed by atoms with Gasteiger partial charge in [-0.2, -0.15) is 5.26 Å². The standard InChI is InChI=1S/C13H15N3/c1-13(2,3)12-15-10-6-4-5-7-11(10)16(12)9-8-14/h4-7H,9H2,1-3H3. The van der Waals surface area contributed by atoms with Crippen LogP contribution in [-0.4, -0.2) is 9.55 Å². The molecule has 16 heavy (non-hydrogen) atoms. The van der Waals surface area contributed by atoms with Crippen LogP contribution >= 0.6 is 0 Å². The molecule has 0 atom stereocenters. The summed E-state index contributed by atoms with van der Waals surface area (Å²) in [6.07, 6.45) is 0. The first-order chi connectivity index (χ1) is 7.54. The third kappa shape index (κ3) is 1.67. The molecule has 0 saturated heterocycles. The molecular formula is C13H15N3. The molecule has 0 unspecified atom stereocenters. The predicted octanol–water partition coefficient (Wildman–Crippen LogP) is 2.86. The van der Waals surface area contributed by atoms with Gasteiger partial charge in [0.25, 0.3) is 0 Å². The molecule has 0 N–H and O–H groups in total. The number of hydrogen-bond donors (Lipinski definition) is 0. The molecule has 0 fully saturated rings. The number of rotatable bonds is 1. The lowest BCUT2D eigenvalue weighted by atomic mass is 9.96. The molecule has 0 saturated carbocycles. The Hall–Kier alpha value is -1.82. The summed E-state index contributed by atoms with van der Waals surface area (Å²) in [6.45, 7) is 6.69. The van der Waals surface area contributed by atoms with Crippen LogP contribution in [-0.2, 0) is 12.0 Å². The summed E-state index contributed by atoms with van der Waals surface area (Å²) in [4.78, 5) is 4.61. The molecule has 0 amide bonds. The molecule has 0 bridgehead atoms. The van der Waals surface area contributed by atoms with E-state index in [0.717, 1.165) is 16.9 Å². The zero-order valence-electron chi connectivity index (χ0n) is 9.86. The topological polar surface area (TPSA) is 41.6 Å². The van der Waals surface area contributed by atoms with Gasteiger partial charge in [-0.1, -0.05) is 32.9 Å². The van der Waals surface area contributed by atoms with E-state index < -0.39 is 0 Å². The van der Waals surface area contributed by atoms with E-state index in [2.05, 4.69) is 31.8 Å². The number of benzene rings is 1. The summed E-state index contributed by atoms with van der Waals surface area (Å²) >= 11 is 0. The highest BCUT2D eigenvalue weighted by Gasteiger charge is 2.22. The smallest absolute Gasteiger partial charge is 0.116 e. The summed E-state index contributed by atoms with van der Waals surface area (Å²) in [5.74, 6) is 0.968. The predicted molar refractivity (Wildman–Crippen MR) is 64.0 cm³/mol. The minimum Gasteiger partial charge on any atom is -0.313 e. The van der Waals surface area contributed by atoms with Crippen molar-refractivity contribution in [2.24, 2.45) is 0 Å². The van der Waals surface area contributed by atoms with Crippen LogP contribution in [0.1, 0.15) is 26.6 Å². The number of imidazole rings is 1. The molecule has 1 aromatic carbocycles. The van der Waals surface area contributed by atoms with Crippen molar-refractivity contribution in [3.8, 4) is 6.07 Å². The maximum absolute atomic E-state index is 8.89. The zero-order valence-corrected chi connectivity index (χ0v) is 9.86. The van der Waals surface area contributed by atoms with Gasteiger partial charge in [-0.25, -0.2) is 4.98 Å². The molecule has 3 heteroatoms. The zero-order chi connectivity index (χ0) is 11.8. The first-order valence-corrected chi connectivity index (χ1v) is 5.37. The second kappa shape index (κ2) is 3.64. The van der Waals surface area contributed by atoms with Crippen LogP contribution in [0.4, 0.5) is 0 Å². The van der Waals surface area contributed by atoms with Crippen LogP contribution in [0.25, 0.3) is 11.0 Å². The maximum Gasteiger partial charge on any atom is 0.116 e. The second-order valence-corrected chi connectivity index (χ2v) is 4.92. The Morgan fingerprint density at radius 1 is 1.31 bits per heavy atom. The van der Waals surface area contributed by atoms with E-state index in [1.807, 2.05) is 28.8 Å². The Balaban J connectivity index is 2.74. The summed E-state index contributed by atoms with van der Waals surface area (Å²) in [6, 6.07) is 10.1. The number of nitriles is 1. The number of aromatic nitrogens is 2. The molecule has 0 aliphatic rings. The van der Waals surface area contributed by atoms with Crippen molar-refractivity contribution in [2.75, 3.05) is 0 Å². The van der Waals surface area contributed by atoms with Crippen molar-refractivity contribution in [3.63, 3.8) is 0 Å². The van der Waals surface area contributed by atoms with Gasteiger partial charge in [-0.15, -0.1) is 0 Å². The van der Waals surface area contributed by atoms with Gasteiger partial charge in [0.15, 0.2) is 0 Å². The Morgan fingerprint density at radius 2 is 2.00 bits per heavy atom. The molecule has 1 heterocycles. The lowest BCUT2D eigenvalue weighted by Crippen LogP contribution is -2.18. The van der Waals surface area contributed by atoms with E-state index in [0.29, 0.717) is 6.54 Å². The molecule has 0 spiro atoms. The normalized spacial score (nSPS) is 11.6. The monoisotopic (exact) mass is 213 g/mol. The van der Waals surface area contributed by atoms with Gasteiger partial charge < -0.3 is 4.57 Å². The fraction of sp³-hybridized carbons (Fsp3) is 0.385. The van der Waals surface area contributed by atoms with Gasteiger partial charge in [0.2, 0.25) is 0 Å². The van der Waals surface area contributed by atoms with Crippen molar-refractivity contribution in [1.82, 2.24) is 9.55 Å². The molecule has 2 rings (SSSR count). The minimum absolute atomic E-state index is 0.0458. The average molecular weight is 213 g/mol. The van der Waals surface area contributed by atoms with E-state index in [-0.39, 0.29) is 5.41 Å². The van der Waals surface area contributed by atoms with Gasteiger partial charge in [0.05, 0.1) is 17.1 Å². The molecule has 1 aromatic heterocycles. The Bertz CT molecular complexity index is 553. The van der Waals surface area contributed by atoms with E-state index in [1.165, 1.54) is 0 Å². The highest BCUT2D eigenvalue weighted by atomic mass is 15.1. The van der Waals surface area contributed by atoms with Crippen LogP contribution in [0.5, 0.6) is 0 Å². The first kappa shape index (κ1) is 10.7. The first-order valence-electron chi connectivity index (χ1n) is 5.37. The number of fused-ring (bicyclic) bond motifs is 1. The molecule has 82 valence electrons. The van der Waals surface area contributed by atoms with Gasteiger partial charge in [0, 0.05) is 5.41 Å². The quantitative estimate of drug-likeness (QED) is 0.731. The van der Waals surface area contributed by atoms with E-state index >= 15 is 0 Å². The SMILES string of the molecule is CC(C)(C)c1nc2ccccc2n1CC#N. The van der Waals surface area contributed by atoms with E-state index in [4.69, 9.17) is 5.26 Å². The van der Waals surface area contributed by atoms with Gasteiger partial charge in [-0.3, -0.25) is 0 Å². The average Bonchev–Trinajstić information content (AvgIpc) is 2.58. The fourth-order valence-corrected chi connectivity index (χ4v) is 1.88. The second-order valence-electron chi connectivity index (χ2n) is 4.92. The molecule has 0 aliphatic carbocycles. The van der Waals surface area contributed by atoms with Crippen molar-refractivity contribution in [2.45, 2.75) is 32.7 Å². The van der Waals surface area contributed by atoms with Crippen LogP contribution in [0.2, 0.25) is 0 Å². The molecule has 3 nitrogen and oxygen atoms in total. The molecule has 0 aliphatic heterocycles. The molecule has 2 aromatic rings. The number of hydrogen-bond acceptors (Lipinski definition) is 2. The maximum atomic E-state index is 8.89. The minimum atomic E-state index is -0.0458. The van der Waals surface area contributed by atoms with Crippen molar-refractivity contribution < 1.29 is 0 Å². The summed E-state index contributed by atoms with van der Waals surface area (Å²) in [5, 5.41) is 8.89. The molecule has 0 radical (unpaired) electrons. The van der Waals surface area contributed by atoms with Crippen molar-refractivity contribution in [3.05, 3.63) is 30.1 Å². The summed E-state index contributed by atoms with van der Waals surface area (Å²) < 4.78 is 2.00. The molecular weight excluding hydrogens is 198 g/mol. The lowest BCUT2D eigenvalue weighted by molar-refractivity contribution is 0.519. The largest absolute Gasteiger partial charge is 0.313 e. The Labute approximate surface area is 95.3 Å².